The number of carbonyl (C=O) groups is 1. The van der Waals surface area contributed by atoms with Gasteiger partial charge in [-0.3, -0.25) is 0 Å². The molecule has 0 radical (unpaired) electrons. The van der Waals surface area contributed by atoms with Crippen LogP contribution in [-0.2, 0) is 16.1 Å². The molecule has 0 amide bonds. The molecule has 4 rings (SSSR count). The number of cyclic esters (lactones) is 1. The van der Waals surface area contributed by atoms with Crippen LogP contribution in [-0.4, -0.2) is 18.5 Å². The average Bonchev–Trinajstić information content (AvgIpc) is 3.14. The lowest BCUT2D eigenvalue weighted by atomic mass is 10.1. The third-order valence-corrected chi connectivity index (χ3v) is 6.12. The van der Waals surface area contributed by atoms with Crippen molar-refractivity contribution in [2.75, 3.05) is 6.61 Å². The summed E-state index contributed by atoms with van der Waals surface area (Å²) in [6.45, 7) is 4.82. The van der Waals surface area contributed by atoms with Gasteiger partial charge in [0.2, 0.25) is 5.90 Å². The molecule has 0 N–H and O–H groups in total. The first-order valence-electron chi connectivity index (χ1n) is 10.4. The van der Waals surface area contributed by atoms with Gasteiger partial charge in [-0.05, 0) is 90.0 Å². The molecule has 0 bridgehead atoms. The van der Waals surface area contributed by atoms with Crippen LogP contribution in [0.3, 0.4) is 0 Å². The number of aliphatic imine (C=N–C) groups is 1. The standard InChI is InChI=1S/C26H21BrINO4/c1-3-31-23-14-18(12-21(28)24(23)32-15-17-5-4-6-20(27)11-17)13-22-26(30)33-25(29-22)19-9-7-16(2)8-10-19/h4-14H,3,15H2,1-2H3/b22-13-. The normalized spacial score (nSPS) is 14.2. The molecule has 0 saturated heterocycles. The minimum Gasteiger partial charge on any atom is -0.490 e. The van der Waals surface area contributed by atoms with E-state index < -0.39 is 5.97 Å². The molecule has 1 aliphatic heterocycles. The second-order valence-corrected chi connectivity index (χ2v) is 9.46. The van der Waals surface area contributed by atoms with Gasteiger partial charge in [-0.15, -0.1) is 0 Å². The lowest BCUT2D eigenvalue weighted by Gasteiger charge is -2.15. The van der Waals surface area contributed by atoms with Crippen LogP contribution in [0, 0.1) is 10.5 Å². The number of esters is 1. The average molecular weight is 618 g/mol. The molecule has 3 aromatic rings. The maximum Gasteiger partial charge on any atom is 0.363 e. The Hall–Kier alpha value is -2.65. The summed E-state index contributed by atoms with van der Waals surface area (Å²) in [5.74, 6) is 1.10. The van der Waals surface area contributed by atoms with Crippen LogP contribution >= 0.6 is 38.5 Å². The first-order valence-corrected chi connectivity index (χ1v) is 12.2. The molecule has 33 heavy (non-hydrogen) atoms. The van der Waals surface area contributed by atoms with Gasteiger partial charge < -0.3 is 14.2 Å². The Morgan fingerprint density at radius 3 is 2.61 bits per heavy atom. The molecule has 1 aliphatic rings. The lowest BCUT2D eigenvalue weighted by Crippen LogP contribution is -2.05. The number of rotatable bonds is 7. The van der Waals surface area contributed by atoms with Crippen LogP contribution < -0.4 is 9.47 Å². The zero-order chi connectivity index (χ0) is 23.4. The van der Waals surface area contributed by atoms with Crippen molar-refractivity contribution in [1.82, 2.24) is 0 Å². The summed E-state index contributed by atoms with van der Waals surface area (Å²) in [6, 6.07) is 19.4. The number of nitrogens with zero attached hydrogens (tertiary/aromatic N) is 1. The molecule has 0 atom stereocenters. The van der Waals surface area contributed by atoms with Crippen LogP contribution in [0.1, 0.15) is 29.2 Å². The summed E-state index contributed by atoms with van der Waals surface area (Å²) < 4.78 is 19.2. The molecule has 0 aliphatic carbocycles. The highest BCUT2D eigenvalue weighted by Crippen LogP contribution is 2.36. The molecule has 0 saturated carbocycles. The van der Waals surface area contributed by atoms with Gasteiger partial charge in [-0.25, -0.2) is 9.79 Å². The zero-order valence-electron chi connectivity index (χ0n) is 18.1. The van der Waals surface area contributed by atoms with Crippen LogP contribution in [0.4, 0.5) is 0 Å². The monoisotopic (exact) mass is 617 g/mol. The van der Waals surface area contributed by atoms with Gasteiger partial charge in [0, 0.05) is 10.0 Å². The highest BCUT2D eigenvalue weighted by molar-refractivity contribution is 14.1. The summed E-state index contributed by atoms with van der Waals surface area (Å²) >= 11 is 5.70. The second-order valence-electron chi connectivity index (χ2n) is 7.38. The molecule has 5 nitrogen and oxygen atoms in total. The largest absolute Gasteiger partial charge is 0.490 e. The van der Waals surface area contributed by atoms with Crippen molar-refractivity contribution in [3.05, 3.63) is 96.7 Å². The van der Waals surface area contributed by atoms with Crippen molar-refractivity contribution in [1.29, 1.82) is 0 Å². The molecule has 3 aromatic carbocycles. The van der Waals surface area contributed by atoms with Gasteiger partial charge in [0.15, 0.2) is 17.2 Å². The fourth-order valence-corrected chi connectivity index (χ4v) is 4.47. The van der Waals surface area contributed by atoms with E-state index in [1.807, 2.05) is 74.5 Å². The fraction of sp³-hybridized carbons (Fsp3) is 0.154. The molecular weight excluding hydrogens is 597 g/mol. The first kappa shape index (κ1) is 23.5. The van der Waals surface area contributed by atoms with Crippen LogP contribution in [0.25, 0.3) is 6.08 Å². The summed E-state index contributed by atoms with van der Waals surface area (Å²) in [6.07, 6.45) is 1.70. The van der Waals surface area contributed by atoms with Gasteiger partial charge in [0.1, 0.15) is 6.61 Å². The van der Waals surface area contributed by atoms with E-state index in [1.54, 1.807) is 6.08 Å². The van der Waals surface area contributed by atoms with Crippen LogP contribution in [0.2, 0.25) is 0 Å². The van der Waals surface area contributed by atoms with Crippen molar-refractivity contribution in [2.24, 2.45) is 4.99 Å². The van der Waals surface area contributed by atoms with Crippen molar-refractivity contribution in [3.8, 4) is 11.5 Å². The maximum absolute atomic E-state index is 12.4. The van der Waals surface area contributed by atoms with Crippen molar-refractivity contribution in [2.45, 2.75) is 20.5 Å². The van der Waals surface area contributed by atoms with E-state index in [1.165, 1.54) is 0 Å². The van der Waals surface area contributed by atoms with E-state index in [2.05, 4.69) is 43.5 Å². The van der Waals surface area contributed by atoms with Gasteiger partial charge in [0.05, 0.1) is 10.2 Å². The van der Waals surface area contributed by atoms with Gasteiger partial charge in [0.25, 0.3) is 0 Å². The molecule has 7 heteroatoms. The van der Waals surface area contributed by atoms with E-state index in [9.17, 15) is 4.79 Å². The number of ether oxygens (including phenoxy) is 3. The summed E-state index contributed by atoms with van der Waals surface area (Å²) in [7, 11) is 0. The Labute approximate surface area is 214 Å². The number of halogens is 2. The highest BCUT2D eigenvalue weighted by atomic mass is 127. The quantitative estimate of drug-likeness (QED) is 0.169. The van der Waals surface area contributed by atoms with Crippen LogP contribution in [0.15, 0.2) is 75.8 Å². The van der Waals surface area contributed by atoms with Gasteiger partial charge in [-0.2, -0.15) is 0 Å². The minimum atomic E-state index is -0.478. The molecule has 0 aromatic heterocycles. The van der Waals surface area contributed by atoms with E-state index in [0.717, 1.165) is 30.3 Å². The first-order chi connectivity index (χ1) is 15.9. The highest BCUT2D eigenvalue weighted by Gasteiger charge is 2.24. The maximum atomic E-state index is 12.4. The third-order valence-electron chi connectivity index (χ3n) is 4.83. The predicted octanol–water partition coefficient (Wildman–Crippen LogP) is 6.68. The number of benzene rings is 3. The number of aryl methyl sites for hydroxylation is 1. The Kier molecular flexibility index (Phi) is 7.49. The lowest BCUT2D eigenvalue weighted by molar-refractivity contribution is -0.129. The molecular formula is C26H21BrINO4. The Balaban J connectivity index is 1.61. The summed E-state index contributed by atoms with van der Waals surface area (Å²) in [4.78, 5) is 16.8. The second kappa shape index (κ2) is 10.5. The van der Waals surface area contributed by atoms with E-state index >= 15 is 0 Å². The zero-order valence-corrected chi connectivity index (χ0v) is 21.8. The number of hydrogen-bond acceptors (Lipinski definition) is 5. The van der Waals surface area contributed by atoms with Gasteiger partial charge >= 0.3 is 5.97 Å². The minimum absolute atomic E-state index is 0.242. The molecule has 0 unspecified atom stereocenters. The van der Waals surface area contributed by atoms with E-state index in [-0.39, 0.29) is 5.70 Å². The van der Waals surface area contributed by atoms with Crippen molar-refractivity contribution >= 4 is 56.5 Å². The summed E-state index contributed by atoms with van der Waals surface area (Å²) in [5, 5.41) is 0. The molecule has 0 spiro atoms. The Morgan fingerprint density at radius 1 is 1.09 bits per heavy atom. The van der Waals surface area contributed by atoms with Crippen molar-refractivity contribution in [3.63, 3.8) is 0 Å². The third kappa shape index (κ3) is 5.83. The molecule has 0 fully saturated rings. The Morgan fingerprint density at radius 2 is 1.88 bits per heavy atom. The van der Waals surface area contributed by atoms with Gasteiger partial charge in [-0.1, -0.05) is 45.8 Å². The number of hydrogen-bond donors (Lipinski definition) is 0. The topological polar surface area (TPSA) is 57.1 Å². The van der Waals surface area contributed by atoms with Crippen molar-refractivity contribution < 1.29 is 19.0 Å². The molecule has 1 heterocycles. The number of carbonyl (C=O) groups excluding carboxylic acids is 1. The van der Waals surface area contributed by atoms with Crippen LogP contribution in [0.5, 0.6) is 11.5 Å². The predicted molar refractivity (Wildman–Crippen MR) is 141 cm³/mol. The SMILES string of the molecule is CCOc1cc(/C=C2\N=C(c3ccc(C)cc3)OC2=O)cc(I)c1OCc1cccc(Br)c1. The Bertz CT molecular complexity index is 1250. The fourth-order valence-electron chi connectivity index (χ4n) is 3.24. The summed E-state index contributed by atoms with van der Waals surface area (Å²) in [5.41, 5.74) is 3.95. The van der Waals surface area contributed by atoms with E-state index in [0.29, 0.717) is 30.6 Å². The molecule has 168 valence electrons. The smallest absolute Gasteiger partial charge is 0.363 e. The van der Waals surface area contributed by atoms with E-state index in [4.69, 9.17) is 14.2 Å².